The van der Waals surface area contributed by atoms with E-state index in [0.29, 0.717) is 13.2 Å². The molecule has 0 radical (unpaired) electrons. The Balaban J connectivity index is 2.18. The first-order valence-corrected chi connectivity index (χ1v) is 10.4. The fraction of sp³-hybridized carbons (Fsp3) is 0.571. The zero-order valence-corrected chi connectivity index (χ0v) is 15.4. The Morgan fingerprint density at radius 2 is 1.58 bits per heavy atom. The van der Waals surface area contributed by atoms with Gasteiger partial charge in [0, 0.05) is 25.2 Å². The first-order chi connectivity index (χ1) is 11.0. The molecule has 1 saturated heterocycles. The molecule has 10 heteroatoms. The summed E-state index contributed by atoms with van der Waals surface area (Å²) < 4.78 is 58.3. The minimum absolute atomic E-state index is 0.00678. The molecule has 1 fully saturated rings. The molecule has 0 atom stereocenters. The molecule has 8 nitrogen and oxygen atoms in total. The van der Waals surface area contributed by atoms with Crippen molar-refractivity contribution < 1.29 is 21.6 Å². The van der Waals surface area contributed by atoms with E-state index in [-0.39, 0.29) is 29.4 Å². The molecule has 0 unspecified atom stereocenters. The zero-order chi connectivity index (χ0) is 18.0. The van der Waals surface area contributed by atoms with Crippen LogP contribution in [0.4, 0.5) is 0 Å². The highest BCUT2D eigenvalue weighted by Crippen LogP contribution is 2.19. The van der Waals surface area contributed by atoms with E-state index in [1.54, 1.807) is 13.8 Å². The Morgan fingerprint density at radius 3 is 2.08 bits per heavy atom. The lowest BCUT2D eigenvalue weighted by molar-refractivity contribution is 0.0730. The predicted octanol–water partition coefficient (Wildman–Crippen LogP) is -0.277. The maximum Gasteiger partial charge on any atom is 0.243 e. The molecular formula is C14H23N3O5S2. The van der Waals surface area contributed by atoms with Crippen molar-refractivity contribution in [1.82, 2.24) is 9.03 Å². The summed E-state index contributed by atoms with van der Waals surface area (Å²) in [4.78, 5) is 0.0511. The fourth-order valence-electron chi connectivity index (χ4n) is 2.09. The molecule has 0 saturated carbocycles. The summed E-state index contributed by atoms with van der Waals surface area (Å²) in [6, 6.07) is 5.15. The molecule has 1 heterocycles. The summed E-state index contributed by atoms with van der Waals surface area (Å²) in [5.74, 6) is 0. The molecule has 0 amide bonds. The minimum atomic E-state index is -3.74. The summed E-state index contributed by atoms with van der Waals surface area (Å²) in [6.45, 7) is 4.75. The summed E-state index contributed by atoms with van der Waals surface area (Å²) in [7, 11) is -7.38. The number of sulfonamides is 2. The van der Waals surface area contributed by atoms with Gasteiger partial charge in [0.05, 0.1) is 23.0 Å². The van der Waals surface area contributed by atoms with Crippen molar-refractivity contribution in [2.45, 2.75) is 29.2 Å². The summed E-state index contributed by atoms with van der Waals surface area (Å²) >= 11 is 0. The first-order valence-electron chi connectivity index (χ1n) is 7.49. The molecule has 0 aliphatic carbocycles. The quantitative estimate of drug-likeness (QED) is 0.704. The molecule has 3 N–H and O–H groups in total. The van der Waals surface area contributed by atoms with Crippen molar-refractivity contribution in [1.29, 1.82) is 0 Å². The Morgan fingerprint density at radius 1 is 1.08 bits per heavy atom. The standard InChI is InChI=1S/C14H23N3O5S2/c1-14(2,15)11-16-23(18,19)12-3-5-13(6-4-12)24(20,21)17-7-9-22-10-8-17/h3-6,16H,7-11,15H2,1-2H3. The number of morpholine rings is 1. The van der Waals surface area contributed by atoms with E-state index in [9.17, 15) is 16.8 Å². The number of nitrogens with two attached hydrogens (primary N) is 1. The lowest BCUT2D eigenvalue weighted by atomic mass is 10.1. The van der Waals surface area contributed by atoms with Crippen molar-refractivity contribution in [2.24, 2.45) is 5.73 Å². The molecule has 2 rings (SSSR count). The van der Waals surface area contributed by atoms with Gasteiger partial charge in [0.1, 0.15) is 0 Å². The Bertz CT molecular complexity index is 762. The van der Waals surface area contributed by atoms with Gasteiger partial charge >= 0.3 is 0 Å². The maximum absolute atomic E-state index is 12.5. The molecule has 0 aromatic heterocycles. The van der Waals surface area contributed by atoms with E-state index in [0.717, 1.165) is 0 Å². The third-order valence-electron chi connectivity index (χ3n) is 3.46. The van der Waals surface area contributed by atoms with Crippen LogP contribution in [0.15, 0.2) is 34.1 Å². The van der Waals surface area contributed by atoms with Crippen molar-refractivity contribution in [3.05, 3.63) is 24.3 Å². The van der Waals surface area contributed by atoms with Gasteiger partial charge in [0.25, 0.3) is 0 Å². The molecule has 136 valence electrons. The van der Waals surface area contributed by atoms with Crippen LogP contribution in [0.3, 0.4) is 0 Å². The molecule has 1 aromatic rings. The number of rotatable bonds is 6. The van der Waals surface area contributed by atoms with Crippen LogP contribution < -0.4 is 10.5 Å². The van der Waals surface area contributed by atoms with E-state index in [1.165, 1.54) is 28.6 Å². The largest absolute Gasteiger partial charge is 0.379 e. The van der Waals surface area contributed by atoms with Crippen LogP contribution >= 0.6 is 0 Å². The maximum atomic E-state index is 12.5. The minimum Gasteiger partial charge on any atom is -0.379 e. The van der Waals surface area contributed by atoms with Gasteiger partial charge in [-0.25, -0.2) is 21.6 Å². The monoisotopic (exact) mass is 377 g/mol. The lowest BCUT2D eigenvalue weighted by Gasteiger charge is -2.26. The highest BCUT2D eigenvalue weighted by Gasteiger charge is 2.27. The van der Waals surface area contributed by atoms with E-state index in [1.807, 2.05) is 0 Å². The number of nitrogens with one attached hydrogen (secondary N) is 1. The SMILES string of the molecule is CC(C)(N)CNS(=O)(=O)c1ccc(S(=O)(=O)N2CCOCC2)cc1. The summed E-state index contributed by atoms with van der Waals surface area (Å²) in [6.07, 6.45) is 0. The Kier molecular flexibility index (Phi) is 5.68. The molecule has 1 aliphatic heterocycles. The number of nitrogens with zero attached hydrogens (tertiary/aromatic N) is 1. The van der Waals surface area contributed by atoms with Crippen molar-refractivity contribution >= 4 is 20.0 Å². The Hall–Kier alpha value is -1.04. The van der Waals surface area contributed by atoms with Gasteiger partial charge in [-0.3, -0.25) is 0 Å². The van der Waals surface area contributed by atoms with Crippen LogP contribution in [0.2, 0.25) is 0 Å². The van der Waals surface area contributed by atoms with Crippen molar-refractivity contribution in [2.75, 3.05) is 32.8 Å². The molecule has 1 aliphatic rings. The van der Waals surface area contributed by atoms with Crippen LogP contribution in [0.5, 0.6) is 0 Å². The predicted molar refractivity (Wildman–Crippen MR) is 89.5 cm³/mol. The highest BCUT2D eigenvalue weighted by atomic mass is 32.2. The van der Waals surface area contributed by atoms with Crippen LogP contribution in [0.25, 0.3) is 0 Å². The van der Waals surface area contributed by atoms with Gasteiger partial charge in [-0.2, -0.15) is 4.31 Å². The second-order valence-electron chi connectivity index (χ2n) is 6.30. The van der Waals surface area contributed by atoms with Gasteiger partial charge in [0.2, 0.25) is 20.0 Å². The zero-order valence-electron chi connectivity index (χ0n) is 13.7. The number of hydrogen-bond acceptors (Lipinski definition) is 6. The van der Waals surface area contributed by atoms with Crippen LogP contribution in [0.1, 0.15) is 13.8 Å². The lowest BCUT2D eigenvalue weighted by Crippen LogP contribution is -2.45. The third kappa shape index (κ3) is 4.74. The molecule has 0 spiro atoms. The fourth-order valence-corrected chi connectivity index (χ4v) is 4.72. The second kappa shape index (κ2) is 7.06. The van der Waals surface area contributed by atoms with E-state index in [4.69, 9.17) is 10.5 Å². The molecule has 0 bridgehead atoms. The average molecular weight is 377 g/mol. The van der Waals surface area contributed by atoms with E-state index < -0.39 is 25.6 Å². The molecule has 1 aromatic carbocycles. The highest BCUT2D eigenvalue weighted by molar-refractivity contribution is 7.89. The third-order valence-corrected chi connectivity index (χ3v) is 6.79. The number of hydrogen-bond donors (Lipinski definition) is 2. The smallest absolute Gasteiger partial charge is 0.243 e. The second-order valence-corrected chi connectivity index (χ2v) is 10.0. The molecule has 24 heavy (non-hydrogen) atoms. The topological polar surface area (TPSA) is 119 Å². The van der Waals surface area contributed by atoms with Crippen LogP contribution in [-0.4, -0.2) is 59.5 Å². The summed E-state index contributed by atoms with van der Waals surface area (Å²) in [5.41, 5.74) is 5.07. The average Bonchev–Trinajstić information content (AvgIpc) is 2.53. The summed E-state index contributed by atoms with van der Waals surface area (Å²) in [5, 5.41) is 0. The van der Waals surface area contributed by atoms with Crippen LogP contribution in [0, 0.1) is 0 Å². The van der Waals surface area contributed by atoms with Crippen LogP contribution in [-0.2, 0) is 24.8 Å². The Labute approximate surface area is 143 Å². The van der Waals surface area contributed by atoms with E-state index in [2.05, 4.69) is 4.72 Å². The van der Waals surface area contributed by atoms with Gasteiger partial charge in [-0.1, -0.05) is 0 Å². The first kappa shape index (κ1) is 19.3. The van der Waals surface area contributed by atoms with Crippen molar-refractivity contribution in [3.8, 4) is 0 Å². The molecular weight excluding hydrogens is 354 g/mol. The number of benzene rings is 1. The van der Waals surface area contributed by atoms with Gasteiger partial charge in [-0.05, 0) is 38.1 Å². The van der Waals surface area contributed by atoms with Crippen molar-refractivity contribution in [3.63, 3.8) is 0 Å². The van der Waals surface area contributed by atoms with Gasteiger partial charge in [-0.15, -0.1) is 0 Å². The van der Waals surface area contributed by atoms with Gasteiger partial charge < -0.3 is 10.5 Å². The normalized spacial score (nSPS) is 17.8. The number of ether oxygens (including phenoxy) is 1. The van der Waals surface area contributed by atoms with Gasteiger partial charge in [0.15, 0.2) is 0 Å². The van der Waals surface area contributed by atoms with E-state index >= 15 is 0 Å².